The molecule has 25 heavy (non-hydrogen) atoms. The Kier molecular flexibility index (Phi) is 4.46. The molecule has 0 radical (unpaired) electrons. The van der Waals surface area contributed by atoms with Crippen LogP contribution in [0.2, 0.25) is 5.02 Å². The van der Waals surface area contributed by atoms with Crippen LogP contribution < -0.4 is 4.74 Å². The number of H-pyrrole nitrogens is 1. The highest BCUT2D eigenvalue weighted by atomic mass is 35.5. The standard InChI is InChI=1S/C19H13ClN2O3/c1-25-18-5-2-11(7-17(18)23)6-12(9-21)19(24)15-10-22-16-8-13(20)3-4-14(15)16/h2-8,10,22-23H,1H3. The molecule has 0 unspecified atom stereocenters. The van der Waals surface area contributed by atoms with E-state index in [2.05, 4.69) is 4.98 Å². The Morgan fingerprint density at radius 1 is 1.32 bits per heavy atom. The lowest BCUT2D eigenvalue weighted by atomic mass is 10.0. The van der Waals surface area contributed by atoms with Gasteiger partial charge in [-0.3, -0.25) is 4.79 Å². The van der Waals surface area contributed by atoms with E-state index < -0.39 is 5.78 Å². The van der Waals surface area contributed by atoms with Crippen molar-refractivity contribution in [2.24, 2.45) is 0 Å². The number of aromatic amines is 1. The van der Waals surface area contributed by atoms with Gasteiger partial charge in [0.2, 0.25) is 5.78 Å². The quantitative estimate of drug-likeness (QED) is 0.416. The first-order valence-corrected chi connectivity index (χ1v) is 7.71. The number of nitriles is 1. The number of phenolic OH excluding ortho intramolecular Hbond substituents is 1. The maximum absolute atomic E-state index is 12.7. The van der Waals surface area contributed by atoms with E-state index in [9.17, 15) is 15.2 Å². The normalized spacial score (nSPS) is 11.3. The molecule has 0 aliphatic rings. The lowest BCUT2D eigenvalue weighted by Gasteiger charge is -2.04. The van der Waals surface area contributed by atoms with E-state index in [1.54, 1.807) is 36.5 Å². The Bertz CT molecular complexity index is 1040. The van der Waals surface area contributed by atoms with Gasteiger partial charge in [-0.25, -0.2) is 0 Å². The topological polar surface area (TPSA) is 86.1 Å². The maximum atomic E-state index is 12.7. The Balaban J connectivity index is 2.01. The zero-order valence-electron chi connectivity index (χ0n) is 13.2. The van der Waals surface area contributed by atoms with Gasteiger partial charge in [-0.05, 0) is 35.9 Å². The van der Waals surface area contributed by atoms with Gasteiger partial charge in [0.1, 0.15) is 11.6 Å². The number of aromatic hydroxyl groups is 1. The predicted octanol–water partition coefficient (Wildman–Crippen LogP) is 4.33. The van der Waals surface area contributed by atoms with E-state index in [-0.39, 0.29) is 11.3 Å². The van der Waals surface area contributed by atoms with Crippen LogP contribution in [0.5, 0.6) is 11.5 Å². The lowest BCUT2D eigenvalue weighted by molar-refractivity contribution is 0.104. The van der Waals surface area contributed by atoms with E-state index in [1.807, 2.05) is 6.07 Å². The number of benzene rings is 2. The van der Waals surface area contributed by atoms with Crippen molar-refractivity contribution < 1.29 is 14.6 Å². The molecule has 0 spiro atoms. The maximum Gasteiger partial charge on any atom is 0.205 e. The molecule has 124 valence electrons. The van der Waals surface area contributed by atoms with Crippen LogP contribution in [0.1, 0.15) is 15.9 Å². The van der Waals surface area contributed by atoms with Gasteiger partial charge in [0, 0.05) is 27.7 Å². The summed E-state index contributed by atoms with van der Waals surface area (Å²) in [6.07, 6.45) is 2.98. The van der Waals surface area contributed by atoms with Gasteiger partial charge < -0.3 is 14.8 Å². The Morgan fingerprint density at radius 3 is 2.80 bits per heavy atom. The number of Topliss-reactive ketones (excluding diaryl/α,β-unsaturated/α-hetero) is 1. The van der Waals surface area contributed by atoms with Gasteiger partial charge in [0.05, 0.1) is 7.11 Å². The van der Waals surface area contributed by atoms with Crippen LogP contribution in [0, 0.1) is 11.3 Å². The minimum Gasteiger partial charge on any atom is -0.504 e. The van der Waals surface area contributed by atoms with Gasteiger partial charge in [-0.15, -0.1) is 0 Å². The highest BCUT2D eigenvalue weighted by molar-refractivity contribution is 6.31. The zero-order chi connectivity index (χ0) is 18.0. The molecule has 1 heterocycles. The fraction of sp³-hybridized carbons (Fsp3) is 0.0526. The summed E-state index contributed by atoms with van der Waals surface area (Å²) >= 11 is 5.94. The monoisotopic (exact) mass is 352 g/mol. The van der Waals surface area contributed by atoms with Gasteiger partial charge >= 0.3 is 0 Å². The number of allylic oxidation sites excluding steroid dienone is 1. The van der Waals surface area contributed by atoms with Crippen LogP contribution in [0.15, 0.2) is 48.2 Å². The van der Waals surface area contributed by atoms with E-state index in [0.29, 0.717) is 27.3 Å². The fourth-order valence-electron chi connectivity index (χ4n) is 2.54. The molecule has 0 aliphatic carbocycles. The van der Waals surface area contributed by atoms with Gasteiger partial charge in [-0.2, -0.15) is 5.26 Å². The van der Waals surface area contributed by atoms with Crippen molar-refractivity contribution in [2.75, 3.05) is 7.11 Å². The van der Waals surface area contributed by atoms with Crippen molar-refractivity contribution >= 4 is 34.4 Å². The summed E-state index contributed by atoms with van der Waals surface area (Å²) in [6.45, 7) is 0. The van der Waals surface area contributed by atoms with Crippen molar-refractivity contribution in [1.29, 1.82) is 5.26 Å². The Hall–Kier alpha value is -3.23. The summed E-state index contributed by atoms with van der Waals surface area (Å²) in [5, 5.41) is 20.5. The number of phenols is 1. The summed E-state index contributed by atoms with van der Waals surface area (Å²) in [5.41, 5.74) is 1.58. The number of halogens is 1. The second-order valence-corrected chi connectivity index (χ2v) is 5.76. The Labute approximate surface area is 148 Å². The number of aromatic nitrogens is 1. The molecule has 3 rings (SSSR count). The van der Waals surface area contributed by atoms with Crippen LogP contribution in [0.4, 0.5) is 0 Å². The zero-order valence-corrected chi connectivity index (χ0v) is 14.0. The number of ketones is 1. The molecule has 0 saturated carbocycles. The average molecular weight is 353 g/mol. The number of carbonyl (C=O) groups is 1. The molecule has 0 saturated heterocycles. The third-order valence-electron chi connectivity index (χ3n) is 3.77. The van der Waals surface area contributed by atoms with Crippen molar-refractivity contribution in [3.05, 3.63) is 64.3 Å². The average Bonchev–Trinajstić information content (AvgIpc) is 3.02. The number of methoxy groups -OCH3 is 1. The molecule has 0 aliphatic heterocycles. The van der Waals surface area contributed by atoms with Crippen molar-refractivity contribution in [3.8, 4) is 17.6 Å². The van der Waals surface area contributed by atoms with Crippen LogP contribution in [-0.4, -0.2) is 23.0 Å². The minimum atomic E-state index is -0.411. The predicted molar refractivity (Wildman–Crippen MR) is 95.9 cm³/mol. The highest BCUT2D eigenvalue weighted by Gasteiger charge is 2.17. The van der Waals surface area contributed by atoms with Crippen molar-refractivity contribution in [2.45, 2.75) is 0 Å². The molecule has 2 aromatic carbocycles. The van der Waals surface area contributed by atoms with Gasteiger partial charge in [-0.1, -0.05) is 23.7 Å². The molecule has 0 bridgehead atoms. The van der Waals surface area contributed by atoms with Crippen LogP contribution in [0.3, 0.4) is 0 Å². The molecule has 0 amide bonds. The summed E-state index contributed by atoms with van der Waals surface area (Å²) in [6, 6.07) is 11.7. The first-order valence-electron chi connectivity index (χ1n) is 7.33. The van der Waals surface area contributed by atoms with Crippen molar-refractivity contribution in [3.63, 3.8) is 0 Å². The molecule has 3 aromatic rings. The number of ether oxygens (including phenoxy) is 1. The number of hydrogen-bond acceptors (Lipinski definition) is 4. The fourth-order valence-corrected chi connectivity index (χ4v) is 2.72. The van der Waals surface area contributed by atoms with E-state index in [4.69, 9.17) is 16.3 Å². The highest BCUT2D eigenvalue weighted by Crippen LogP contribution is 2.28. The first-order chi connectivity index (χ1) is 12.0. The molecule has 5 nitrogen and oxygen atoms in total. The molecular formula is C19H13ClN2O3. The largest absolute Gasteiger partial charge is 0.504 e. The number of nitrogens with zero attached hydrogens (tertiary/aromatic N) is 1. The molecule has 0 fully saturated rings. The third-order valence-corrected chi connectivity index (χ3v) is 4.00. The second kappa shape index (κ2) is 6.71. The summed E-state index contributed by atoms with van der Waals surface area (Å²) in [4.78, 5) is 15.7. The molecule has 6 heteroatoms. The number of nitrogens with one attached hydrogen (secondary N) is 1. The smallest absolute Gasteiger partial charge is 0.205 e. The Morgan fingerprint density at radius 2 is 2.12 bits per heavy atom. The summed E-state index contributed by atoms with van der Waals surface area (Å²) in [5.74, 6) is -0.162. The molecule has 1 aromatic heterocycles. The second-order valence-electron chi connectivity index (χ2n) is 5.32. The number of rotatable bonds is 4. The van der Waals surface area contributed by atoms with E-state index in [1.165, 1.54) is 19.3 Å². The molecular weight excluding hydrogens is 340 g/mol. The van der Waals surface area contributed by atoms with E-state index in [0.717, 1.165) is 5.52 Å². The lowest BCUT2D eigenvalue weighted by Crippen LogP contribution is -2.01. The van der Waals surface area contributed by atoms with Crippen LogP contribution in [0.25, 0.3) is 17.0 Å². The van der Waals surface area contributed by atoms with Gasteiger partial charge in [0.15, 0.2) is 11.5 Å². The number of carbonyl (C=O) groups excluding carboxylic acids is 1. The minimum absolute atomic E-state index is 0.0413. The summed E-state index contributed by atoms with van der Waals surface area (Å²) < 4.78 is 4.98. The van der Waals surface area contributed by atoms with Gasteiger partial charge in [0.25, 0.3) is 0 Å². The summed E-state index contributed by atoms with van der Waals surface area (Å²) in [7, 11) is 1.44. The first kappa shape index (κ1) is 16.6. The third kappa shape index (κ3) is 3.21. The van der Waals surface area contributed by atoms with Crippen molar-refractivity contribution in [1.82, 2.24) is 4.98 Å². The molecule has 2 N–H and O–H groups in total. The SMILES string of the molecule is COc1ccc(C=C(C#N)C(=O)c2c[nH]c3cc(Cl)ccc23)cc1O. The van der Waals surface area contributed by atoms with Crippen LogP contribution in [-0.2, 0) is 0 Å². The molecule has 0 atom stereocenters. The number of hydrogen-bond donors (Lipinski definition) is 2. The van der Waals surface area contributed by atoms with Crippen LogP contribution >= 0.6 is 11.6 Å². The number of fused-ring (bicyclic) bond motifs is 1. The van der Waals surface area contributed by atoms with E-state index >= 15 is 0 Å².